The highest BCUT2D eigenvalue weighted by Crippen LogP contribution is 2.16. The summed E-state index contributed by atoms with van der Waals surface area (Å²) in [5, 5.41) is 3.33. The zero-order chi connectivity index (χ0) is 11.3. The summed E-state index contributed by atoms with van der Waals surface area (Å²) in [5.74, 6) is 0. The lowest BCUT2D eigenvalue weighted by atomic mass is 9.97. The molecule has 15 heavy (non-hydrogen) atoms. The maximum atomic E-state index is 5.43. The van der Waals surface area contributed by atoms with Crippen molar-refractivity contribution in [3.05, 3.63) is 34.4 Å². The topological polar surface area (TPSA) is 38.0 Å². The number of hydrogen-bond donors (Lipinski definition) is 2. The molecule has 0 aromatic heterocycles. The fourth-order valence-electron chi connectivity index (χ4n) is 2.04. The fourth-order valence-corrected chi connectivity index (χ4v) is 2.04. The normalized spacial score (nSPS) is 10.7. The van der Waals surface area contributed by atoms with E-state index in [9.17, 15) is 0 Å². The summed E-state index contributed by atoms with van der Waals surface area (Å²) in [4.78, 5) is 0. The van der Waals surface area contributed by atoms with Crippen molar-refractivity contribution < 1.29 is 0 Å². The van der Waals surface area contributed by atoms with Crippen molar-refractivity contribution in [3.8, 4) is 0 Å². The molecule has 0 aliphatic heterocycles. The van der Waals surface area contributed by atoms with E-state index in [1.54, 1.807) is 0 Å². The van der Waals surface area contributed by atoms with Crippen molar-refractivity contribution in [2.24, 2.45) is 5.73 Å². The highest BCUT2D eigenvalue weighted by atomic mass is 14.9. The Bertz CT molecular complexity index is 295. The number of rotatable bonds is 5. The maximum Gasteiger partial charge on any atom is 0.00746 e. The maximum absolute atomic E-state index is 5.43. The number of nitrogens with two attached hydrogens (primary N) is 1. The summed E-state index contributed by atoms with van der Waals surface area (Å²) < 4.78 is 0. The molecule has 1 aromatic carbocycles. The highest BCUT2D eigenvalue weighted by Gasteiger charge is 2.02. The van der Waals surface area contributed by atoms with Gasteiger partial charge < -0.3 is 11.1 Å². The van der Waals surface area contributed by atoms with Crippen LogP contribution in [0, 0.1) is 20.8 Å². The second kappa shape index (κ2) is 5.89. The first-order chi connectivity index (χ1) is 7.15. The van der Waals surface area contributed by atoms with Crippen LogP contribution < -0.4 is 11.1 Å². The minimum Gasteiger partial charge on any atom is -0.329 e. The number of hydrogen-bond acceptors (Lipinski definition) is 2. The largest absolute Gasteiger partial charge is 0.329 e. The van der Waals surface area contributed by atoms with Crippen LogP contribution in [0.15, 0.2) is 12.1 Å². The van der Waals surface area contributed by atoms with Crippen molar-refractivity contribution in [1.82, 2.24) is 5.32 Å². The van der Waals surface area contributed by atoms with Gasteiger partial charge in [0.1, 0.15) is 0 Å². The first-order valence-corrected chi connectivity index (χ1v) is 5.62. The molecule has 0 radical (unpaired) electrons. The average molecular weight is 206 g/mol. The van der Waals surface area contributed by atoms with Crippen molar-refractivity contribution >= 4 is 0 Å². The lowest BCUT2D eigenvalue weighted by molar-refractivity contribution is 0.686. The Hall–Kier alpha value is -0.860. The van der Waals surface area contributed by atoms with E-state index in [0.29, 0.717) is 6.54 Å². The fraction of sp³-hybridized carbons (Fsp3) is 0.538. The molecule has 0 saturated carbocycles. The van der Waals surface area contributed by atoms with Crippen LogP contribution in [0.1, 0.15) is 22.3 Å². The molecule has 0 spiro atoms. The van der Waals surface area contributed by atoms with Gasteiger partial charge in [-0.15, -0.1) is 0 Å². The minimum absolute atomic E-state index is 0.714. The molecule has 0 unspecified atom stereocenters. The van der Waals surface area contributed by atoms with Crippen LogP contribution in [0.25, 0.3) is 0 Å². The lowest BCUT2D eigenvalue weighted by Gasteiger charge is -2.11. The molecule has 1 rings (SSSR count). The zero-order valence-corrected chi connectivity index (χ0v) is 10.1. The first kappa shape index (κ1) is 12.2. The van der Waals surface area contributed by atoms with Gasteiger partial charge in [-0.3, -0.25) is 0 Å². The first-order valence-electron chi connectivity index (χ1n) is 5.62. The Labute approximate surface area is 92.9 Å². The van der Waals surface area contributed by atoms with Crippen LogP contribution in [0.4, 0.5) is 0 Å². The van der Waals surface area contributed by atoms with E-state index in [1.807, 2.05) is 0 Å². The van der Waals surface area contributed by atoms with Crippen LogP contribution >= 0.6 is 0 Å². The van der Waals surface area contributed by atoms with Crippen LogP contribution in [0.3, 0.4) is 0 Å². The molecule has 2 nitrogen and oxygen atoms in total. The van der Waals surface area contributed by atoms with Gasteiger partial charge in [-0.05, 0) is 50.4 Å². The standard InChI is InChI=1S/C13H22N2/c1-10-8-11(2)13(12(3)9-10)4-6-15-7-5-14/h8-9,15H,4-7,14H2,1-3H3. The van der Waals surface area contributed by atoms with Gasteiger partial charge in [-0.1, -0.05) is 17.7 Å². The predicted molar refractivity (Wildman–Crippen MR) is 66.3 cm³/mol. The molecule has 0 aliphatic rings. The average Bonchev–Trinajstić information content (AvgIpc) is 2.15. The Morgan fingerprint density at radius 1 is 1.07 bits per heavy atom. The van der Waals surface area contributed by atoms with Crippen molar-refractivity contribution in [1.29, 1.82) is 0 Å². The number of aryl methyl sites for hydroxylation is 3. The minimum atomic E-state index is 0.714. The van der Waals surface area contributed by atoms with Crippen molar-refractivity contribution in [2.75, 3.05) is 19.6 Å². The summed E-state index contributed by atoms with van der Waals surface area (Å²) in [7, 11) is 0. The van der Waals surface area contributed by atoms with Crippen LogP contribution in [-0.4, -0.2) is 19.6 Å². The molecule has 0 amide bonds. The summed E-state index contributed by atoms with van der Waals surface area (Å²) in [6.45, 7) is 9.17. The van der Waals surface area contributed by atoms with Gasteiger partial charge in [0.15, 0.2) is 0 Å². The molecule has 0 fully saturated rings. The molecule has 3 N–H and O–H groups in total. The summed E-state index contributed by atoms with van der Waals surface area (Å²) in [6.07, 6.45) is 1.10. The molecular formula is C13H22N2. The third-order valence-corrected chi connectivity index (χ3v) is 2.71. The summed E-state index contributed by atoms with van der Waals surface area (Å²) in [6, 6.07) is 4.51. The Balaban J connectivity index is 2.60. The quantitative estimate of drug-likeness (QED) is 0.720. The van der Waals surface area contributed by atoms with Gasteiger partial charge in [0, 0.05) is 13.1 Å². The SMILES string of the molecule is Cc1cc(C)c(CCNCCN)c(C)c1. The Kier molecular flexibility index (Phi) is 4.79. The lowest BCUT2D eigenvalue weighted by Crippen LogP contribution is -2.24. The van der Waals surface area contributed by atoms with E-state index in [-0.39, 0.29) is 0 Å². The van der Waals surface area contributed by atoms with Gasteiger partial charge in [0.05, 0.1) is 0 Å². The highest BCUT2D eigenvalue weighted by molar-refractivity contribution is 5.37. The smallest absolute Gasteiger partial charge is 0.00746 e. The Morgan fingerprint density at radius 3 is 2.20 bits per heavy atom. The van der Waals surface area contributed by atoms with E-state index < -0.39 is 0 Å². The molecule has 2 heteroatoms. The second-order valence-electron chi connectivity index (χ2n) is 4.17. The summed E-state index contributed by atoms with van der Waals surface area (Å²) >= 11 is 0. The summed E-state index contributed by atoms with van der Waals surface area (Å²) in [5.41, 5.74) is 11.1. The second-order valence-corrected chi connectivity index (χ2v) is 4.17. The van der Waals surface area contributed by atoms with E-state index in [2.05, 4.69) is 38.2 Å². The molecule has 84 valence electrons. The van der Waals surface area contributed by atoms with Gasteiger partial charge in [0.2, 0.25) is 0 Å². The molecule has 1 aromatic rings. The molecular weight excluding hydrogens is 184 g/mol. The van der Waals surface area contributed by atoms with Crippen LogP contribution in [0.2, 0.25) is 0 Å². The zero-order valence-electron chi connectivity index (χ0n) is 10.1. The van der Waals surface area contributed by atoms with Crippen molar-refractivity contribution in [2.45, 2.75) is 27.2 Å². The Morgan fingerprint density at radius 2 is 1.67 bits per heavy atom. The molecule has 0 aliphatic carbocycles. The van der Waals surface area contributed by atoms with Gasteiger partial charge in [0.25, 0.3) is 0 Å². The molecule has 0 saturated heterocycles. The third kappa shape index (κ3) is 3.65. The molecule has 0 heterocycles. The van der Waals surface area contributed by atoms with E-state index in [1.165, 1.54) is 22.3 Å². The molecule has 0 atom stereocenters. The van der Waals surface area contributed by atoms with Gasteiger partial charge >= 0.3 is 0 Å². The van der Waals surface area contributed by atoms with Gasteiger partial charge in [-0.2, -0.15) is 0 Å². The van der Waals surface area contributed by atoms with Crippen LogP contribution in [0.5, 0.6) is 0 Å². The van der Waals surface area contributed by atoms with E-state index in [0.717, 1.165) is 19.5 Å². The predicted octanol–water partition coefficient (Wildman–Crippen LogP) is 1.70. The number of benzene rings is 1. The van der Waals surface area contributed by atoms with E-state index in [4.69, 9.17) is 5.73 Å². The van der Waals surface area contributed by atoms with E-state index >= 15 is 0 Å². The number of nitrogens with one attached hydrogen (secondary N) is 1. The molecule has 0 bridgehead atoms. The monoisotopic (exact) mass is 206 g/mol. The van der Waals surface area contributed by atoms with Crippen LogP contribution in [-0.2, 0) is 6.42 Å². The van der Waals surface area contributed by atoms with Gasteiger partial charge in [-0.25, -0.2) is 0 Å². The third-order valence-electron chi connectivity index (χ3n) is 2.71. The van der Waals surface area contributed by atoms with Crippen molar-refractivity contribution in [3.63, 3.8) is 0 Å².